The molecule has 1 rings (SSSR count). The highest BCUT2D eigenvalue weighted by atomic mass is 19.3. The van der Waals surface area contributed by atoms with Gasteiger partial charge in [0, 0.05) is 6.42 Å². The van der Waals surface area contributed by atoms with Crippen LogP contribution >= 0.6 is 0 Å². The van der Waals surface area contributed by atoms with Gasteiger partial charge < -0.3 is 4.74 Å². The molecule has 0 radical (unpaired) electrons. The summed E-state index contributed by atoms with van der Waals surface area (Å²) in [5.74, 6) is 0.459. The van der Waals surface area contributed by atoms with Crippen molar-refractivity contribution in [2.45, 2.75) is 32.3 Å². The van der Waals surface area contributed by atoms with E-state index in [-0.39, 0.29) is 0 Å². The molecule has 0 aromatic carbocycles. The van der Waals surface area contributed by atoms with Gasteiger partial charge in [-0.15, -0.1) is 0 Å². The lowest BCUT2D eigenvalue weighted by molar-refractivity contribution is -0.0995. The van der Waals surface area contributed by atoms with Gasteiger partial charge in [0.1, 0.15) is 0 Å². The third kappa shape index (κ3) is 2.33. The molecule has 0 heterocycles. The van der Waals surface area contributed by atoms with Crippen molar-refractivity contribution in [2.24, 2.45) is 0 Å². The van der Waals surface area contributed by atoms with Crippen molar-refractivity contribution >= 4 is 0 Å². The molecule has 0 aromatic heterocycles. The van der Waals surface area contributed by atoms with Crippen LogP contribution in [0.2, 0.25) is 0 Å². The van der Waals surface area contributed by atoms with E-state index in [4.69, 9.17) is 0 Å². The molecule has 1 aliphatic rings. The summed E-state index contributed by atoms with van der Waals surface area (Å²) in [6.45, 7) is -2.65. The average Bonchev–Trinajstić information content (AvgIpc) is 1.88. The van der Waals surface area contributed by atoms with Gasteiger partial charge in [0.05, 0.1) is 5.76 Å². The van der Waals surface area contributed by atoms with E-state index < -0.39 is 6.61 Å². The normalized spacial score (nSPS) is 18.9. The van der Waals surface area contributed by atoms with Crippen molar-refractivity contribution in [2.75, 3.05) is 0 Å². The van der Waals surface area contributed by atoms with E-state index in [1.54, 1.807) is 6.08 Å². The summed E-state index contributed by atoms with van der Waals surface area (Å²) in [6, 6.07) is 0. The number of hydrogen-bond acceptors (Lipinski definition) is 1. The van der Waals surface area contributed by atoms with Gasteiger partial charge in [0.2, 0.25) is 0 Å². The monoisotopic (exact) mass is 148 g/mol. The first-order valence-electron chi connectivity index (χ1n) is 3.43. The van der Waals surface area contributed by atoms with Crippen molar-refractivity contribution in [1.29, 1.82) is 0 Å². The van der Waals surface area contributed by atoms with Gasteiger partial charge in [-0.2, -0.15) is 8.78 Å². The van der Waals surface area contributed by atoms with Gasteiger partial charge in [-0.1, -0.05) is 0 Å². The molecule has 0 fully saturated rings. The molecule has 10 heavy (non-hydrogen) atoms. The third-order valence-corrected chi connectivity index (χ3v) is 1.49. The number of rotatable bonds is 2. The number of halogens is 2. The quantitative estimate of drug-likeness (QED) is 0.585. The van der Waals surface area contributed by atoms with E-state index >= 15 is 0 Å². The molecule has 58 valence electrons. The molecule has 0 unspecified atom stereocenters. The first kappa shape index (κ1) is 7.51. The molecule has 3 heteroatoms. The molecular weight excluding hydrogens is 138 g/mol. The van der Waals surface area contributed by atoms with Crippen LogP contribution in [0.25, 0.3) is 0 Å². The molecule has 0 atom stereocenters. The molecule has 1 nitrogen and oxygen atoms in total. The zero-order valence-corrected chi connectivity index (χ0v) is 5.65. The number of ether oxygens (including phenoxy) is 1. The first-order chi connectivity index (χ1) is 4.79. The summed E-state index contributed by atoms with van der Waals surface area (Å²) in [6.07, 6.45) is 5.36. The Morgan fingerprint density at radius 1 is 1.40 bits per heavy atom. The topological polar surface area (TPSA) is 9.23 Å². The van der Waals surface area contributed by atoms with Crippen molar-refractivity contribution in [3.8, 4) is 0 Å². The van der Waals surface area contributed by atoms with E-state index in [9.17, 15) is 8.78 Å². The summed E-state index contributed by atoms with van der Waals surface area (Å²) in [5, 5.41) is 0. The molecular formula is C7H10F2O. The van der Waals surface area contributed by atoms with Gasteiger partial charge in [0.15, 0.2) is 0 Å². The van der Waals surface area contributed by atoms with Crippen molar-refractivity contribution < 1.29 is 13.5 Å². The highest BCUT2D eigenvalue weighted by Crippen LogP contribution is 2.19. The number of allylic oxidation sites excluding steroid dienone is 2. The lowest BCUT2D eigenvalue weighted by Crippen LogP contribution is -2.01. The number of hydrogen-bond donors (Lipinski definition) is 0. The van der Waals surface area contributed by atoms with Gasteiger partial charge in [-0.05, 0) is 25.3 Å². The van der Waals surface area contributed by atoms with Crippen LogP contribution in [-0.4, -0.2) is 6.61 Å². The molecule has 0 N–H and O–H groups in total. The molecule has 1 aliphatic carbocycles. The van der Waals surface area contributed by atoms with E-state index in [0.29, 0.717) is 12.2 Å². The molecule has 0 spiro atoms. The van der Waals surface area contributed by atoms with Crippen LogP contribution in [0.5, 0.6) is 0 Å². The van der Waals surface area contributed by atoms with Crippen LogP contribution in [0.4, 0.5) is 8.78 Å². The van der Waals surface area contributed by atoms with Crippen LogP contribution < -0.4 is 0 Å². The second kappa shape index (κ2) is 3.54. The molecule has 0 bridgehead atoms. The SMILES string of the molecule is FC(F)OC1=CCCCC1. The predicted molar refractivity (Wildman–Crippen MR) is 33.6 cm³/mol. The minimum atomic E-state index is -2.65. The van der Waals surface area contributed by atoms with E-state index in [1.165, 1.54) is 0 Å². The zero-order valence-electron chi connectivity index (χ0n) is 5.65. The second-order valence-corrected chi connectivity index (χ2v) is 2.29. The summed E-state index contributed by atoms with van der Waals surface area (Å²) in [7, 11) is 0. The van der Waals surface area contributed by atoms with Crippen molar-refractivity contribution in [3.05, 3.63) is 11.8 Å². The lowest BCUT2D eigenvalue weighted by atomic mass is 10.1. The lowest BCUT2D eigenvalue weighted by Gasteiger charge is -2.12. The van der Waals surface area contributed by atoms with E-state index in [2.05, 4.69) is 4.74 Å². The Labute approximate surface area is 58.7 Å². The average molecular weight is 148 g/mol. The van der Waals surface area contributed by atoms with E-state index in [0.717, 1.165) is 19.3 Å². The predicted octanol–water partition coefficient (Wildman–Crippen LogP) is 2.68. The minimum absolute atomic E-state index is 0.459. The zero-order chi connectivity index (χ0) is 7.40. The van der Waals surface area contributed by atoms with Crippen LogP contribution in [0, 0.1) is 0 Å². The Balaban J connectivity index is 2.31. The van der Waals surface area contributed by atoms with Crippen LogP contribution in [-0.2, 0) is 4.74 Å². The maximum Gasteiger partial charge on any atom is 0.387 e. The summed E-state index contributed by atoms with van der Waals surface area (Å²) >= 11 is 0. The fourth-order valence-corrected chi connectivity index (χ4v) is 1.03. The highest BCUT2D eigenvalue weighted by Gasteiger charge is 2.09. The highest BCUT2D eigenvalue weighted by molar-refractivity contribution is 4.96. The Bertz CT molecular complexity index is 132. The molecule has 0 amide bonds. The summed E-state index contributed by atoms with van der Waals surface area (Å²) in [4.78, 5) is 0. The maximum atomic E-state index is 11.6. The third-order valence-electron chi connectivity index (χ3n) is 1.49. The van der Waals surface area contributed by atoms with Crippen LogP contribution in [0.15, 0.2) is 11.8 Å². The first-order valence-corrected chi connectivity index (χ1v) is 3.43. The van der Waals surface area contributed by atoms with Crippen LogP contribution in [0.1, 0.15) is 25.7 Å². The second-order valence-electron chi connectivity index (χ2n) is 2.29. The number of alkyl halides is 2. The van der Waals surface area contributed by atoms with Gasteiger partial charge >= 0.3 is 6.61 Å². The molecule has 0 saturated carbocycles. The maximum absolute atomic E-state index is 11.6. The van der Waals surface area contributed by atoms with E-state index in [1.807, 2.05) is 0 Å². The smallest absolute Gasteiger partial charge is 0.387 e. The summed E-state index contributed by atoms with van der Waals surface area (Å²) in [5.41, 5.74) is 0. The molecule has 0 saturated heterocycles. The summed E-state index contributed by atoms with van der Waals surface area (Å²) < 4.78 is 27.3. The molecule has 0 aromatic rings. The van der Waals surface area contributed by atoms with Gasteiger partial charge in [-0.25, -0.2) is 0 Å². The fourth-order valence-electron chi connectivity index (χ4n) is 1.03. The largest absolute Gasteiger partial charge is 0.440 e. The van der Waals surface area contributed by atoms with Gasteiger partial charge in [0.25, 0.3) is 0 Å². The Hall–Kier alpha value is -0.600. The Morgan fingerprint density at radius 3 is 2.70 bits per heavy atom. The van der Waals surface area contributed by atoms with Gasteiger partial charge in [-0.3, -0.25) is 0 Å². The minimum Gasteiger partial charge on any atom is -0.440 e. The van der Waals surface area contributed by atoms with Crippen LogP contribution in [0.3, 0.4) is 0 Å². The van der Waals surface area contributed by atoms with Crippen molar-refractivity contribution in [3.63, 3.8) is 0 Å². The fraction of sp³-hybridized carbons (Fsp3) is 0.714. The Kier molecular flexibility index (Phi) is 2.66. The van der Waals surface area contributed by atoms with Crippen molar-refractivity contribution in [1.82, 2.24) is 0 Å². The molecule has 0 aliphatic heterocycles. The standard InChI is InChI=1S/C7H10F2O/c8-7(9)10-6-4-2-1-3-5-6/h4,7H,1-3,5H2. The Morgan fingerprint density at radius 2 is 2.20 bits per heavy atom.